The normalized spacial score (nSPS) is 14.3. The van der Waals surface area contributed by atoms with Gasteiger partial charge in [-0.25, -0.2) is 13.1 Å². The molecule has 0 amide bonds. The molecule has 0 aliphatic heterocycles. The molecule has 23 heavy (non-hydrogen) atoms. The van der Waals surface area contributed by atoms with Gasteiger partial charge in [-0.1, -0.05) is 6.92 Å². The number of hydrogen-bond donors (Lipinski definition) is 2. The molecular formula is C11H13F6NO4S. The molecule has 0 aliphatic rings. The van der Waals surface area contributed by atoms with Gasteiger partial charge in [-0.2, -0.15) is 26.3 Å². The largest absolute Gasteiger partial charge is 0.448 e. The number of aliphatic hydroxyl groups is 1. The second-order valence-corrected chi connectivity index (χ2v) is 6.28. The van der Waals surface area contributed by atoms with Crippen LogP contribution in [0.4, 0.5) is 26.3 Å². The fourth-order valence-corrected chi connectivity index (χ4v) is 2.55. The molecule has 0 saturated carbocycles. The van der Waals surface area contributed by atoms with Crippen LogP contribution in [0, 0.1) is 0 Å². The van der Waals surface area contributed by atoms with Gasteiger partial charge in [0.1, 0.15) is 5.76 Å². The number of hydrogen-bond acceptors (Lipinski definition) is 4. The van der Waals surface area contributed by atoms with E-state index in [0.717, 1.165) is 6.07 Å². The van der Waals surface area contributed by atoms with Crippen LogP contribution in [-0.2, 0) is 16.4 Å². The lowest BCUT2D eigenvalue weighted by Crippen LogP contribution is -2.58. The summed E-state index contributed by atoms with van der Waals surface area (Å²) in [7, 11) is -4.43. The van der Waals surface area contributed by atoms with Crippen LogP contribution >= 0.6 is 0 Å². The van der Waals surface area contributed by atoms with Crippen molar-refractivity contribution in [2.45, 2.75) is 42.8 Å². The summed E-state index contributed by atoms with van der Waals surface area (Å²) in [5, 5.41) is 8.24. The van der Waals surface area contributed by atoms with Crippen LogP contribution in [0.5, 0.6) is 0 Å². The highest BCUT2D eigenvalue weighted by molar-refractivity contribution is 7.89. The molecule has 0 unspecified atom stereocenters. The average molecular weight is 369 g/mol. The highest BCUT2D eigenvalue weighted by atomic mass is 32.2. The first-order valence-electron chi connectivity index (χ1n) is 6.19. The first-order chi connectivity index (χ1) is 10.2. The molecule has 1 heterocycles. The lowest BCUT2D eigenvalue weighted by molar-refractivity contribution is -0.369. The minimum Gasteiger partial charge on any atom is -0.448 e. The Kier molecular flexibility index (Phi) is 5.43. The second-order valence-electron chi connectivity index (χ2n) is 4.58. The standard InChI is InChI=1S/C11H13F6NO4S/c1-2-7-3-4-8(22-7)23(20,21)18-6-5-9(19,10(12,13)14)11(15,16)17/h3-4,18-19H,2,5-6H2,1H3. The summed E-state index contributed by atoms with van der Waals surface area (Å²) in [4.78, 5) is 0. The molecule has 1 rings (SSSR count). The van der Waals surface area contributed by atoms with Gasteiger partial charge in [0.2, 0.25) is 5.09 Å². The van der Waals surface area contributed by atoms with Crippen molar-refractivity contribution < 1.29 is 44.3 Å². The number of halogens is 6. The Morgan fingerprint density at radius 2 is 1.65 bits per heavy atom. The van der Waals surface area contributed by atoms with Crippen LogP contribution in [0.15, 0.2) is 21.6 Å². The number of furan rings is 1. The van der Waals surface area contributed by atoms with Gasteiger partial charge in [-0.05, 0) is 12.1 Å². The van der Waals surface area contributed by atoms with E-state index in [9.17, 15) is 34.8 Å². The summed E-state index contributed by atoms with van der Waals surface area (Å²) < 4.78 is 104. The molecule has 0 radical (unpaired) electrons. The maximum absolute atomic E-state index is 12.4. The van der Waals surface area contributed by atoms with Crippen molar-refractivity contribution in [3.63, 3.8) is 0 Å². The van der Waals surface area contributed by atoms with Gasteiger partial charge >= 0.3 is 12.4 Å². The van der Waals surface area contributed by atoms with E-state index in [0.29, 0.717) is 6.42 Å². The Balaban J connectivity index is 2.85. The van der Waals surface area contributed by atoms with Gasteiger partial charge in [0.15, 0.2) is 0 Å². The lowest BCUT2D eigenvalue weighted by atomic mass is 9.98. The van der Waals surface area contributed by atoms with Crippen LogP contribution in [0.2, 0.25) is 0 Å². The maximum Gasteiger partial charge on any atom is 0.426 e. The van der Waals surface area contributed by atoms with Crippen molar-refractivity contribution in [2.75, 3.05) is 6.54 Å². The van der Waals surface area contributed by atoms with E-state index in [2.05, 4.69) is 0 Å². The SMILES string of the molecule is CCc1ccc(S(=O)(=O)NCCC(O)(C(F)(F)F)C(F)(F)F)o1. The van der Waals surface area contributed by atoms with Crippen LogP contribution in [0.1, 0.15) is 19.1 Å². The third kappa shape index (κ3) is 4.18. The Labute approximate surface area is 127 Å². The van der Waals surface area contributed by atoms with E-state index in [1.807, 2.05) is 0 Å². The Morgan fingerprint density at radius 1 is 1.13 bits per heavy atom. The number of alkyl halides is 6. The highest BCUT2D eigenvalue weighted by Crippen LogP contribution is 2.44. The molecule has 0 atom stereocenters. The van der Waals surface area contributed by atoms with Crippen LogP contribution in [-0.4, -0.2) is 38.0 Å². The first-order valence-corrected chi connectivity index (χ1v) is 7.67. The zero-order valence-electron chi connectivity index (χ0n) is 11.6. The summed E-state index contributed by atoms with van der Waals surface area (Å²) in [6, 6.07) is 2.32. The lowest BCUT2D eigenvalue weighted by Gasteiger charge is -2.32. The van der Waals surface area contributed by atoms with Crippen molar-refractivity contribution in [3.8, 4) is 0 Å². The molecule has 0 saturated heterocycles. The Bertz CT molecular complexity index is 620. The van der Waals surface area contributed by atoms with E-state index >= 15 is 0 Å². The number of rotatable bonds is 6. The third-order valence-corrected chi connectivity index (χ3v) is 4.30. The second kappa shape index (κ2) is 6.32. The smallest absolute Gasteiger partial charge is 0.426 e. The molecule has 2 N–H and O–H groups in total. The zero-order valence-corrected chi connectivity index (χ0v) is 12.4. The van der Waals surface area contributed by atoms with Crippen LogP contribution in [0.3, 0.4) is 0 Å². The average Bonchev–Trinajstić information content (AvgIpc) is 2.85. The monoisotopic (exact) mass is 369 g/mol. The van der Waals surface area contributed by atoms with Gasteiger partial charge < -0.3 is 9.52 Å². The highest BCUT2D eigenvalue weighted by Gasteiger charge is 2.69. The van der Waals surface area contributed by atoms with E-state index in [-0.39, 0.29) is 5.76 Å². The van der Waals surface area contributed by atoms with Crippen molar-refractivity contribution >= 4 is 10.0 Å². The third-order valence-electron chi connectivity index (χ3n) is 2.97. The number of nitrogens with one attached hydrogen (secondary N) is 1. The molecule has 5 nitrogen and oxygen atoms in total. The van der Waals surface area contributed by atoms with Gasteiger partial charge in [-0.15, -0.1) is 0 Å². The molecule has 1 aromatic heterocycles. The first kappa shape index (κ1) is 19.8. The van der Waals surface area contributed by atoms with E-state index in [1.165, 1.54) is 10.8 Å². The summed E-state index contributed by atoms with van der Waals surface area (Å²) >= 11 is 0. The van der Waals surface area contributed by atoms with Crippen LogP contribution in [0.25, 0.3) is 0 Å². The maximum atomic E-state index is 12.4. The van der Waals surface area contributed by atoms with Crippen molar-refractivity contribution in [3.05, 3.63) is 17.9 Å². The van der Waals surface area contributed by atoms with Crippen molar-refractivity contribution in [1.82, 2.24) is 4.72 Å². The van der Waals surface area contributed by atoms with Gasteiger partial charge in [0.05, 0.1) is 0 Å². The molecule has 134 valence electrons. The van der Waals surface area contributed by atoms with Gasteiger partial charge in [0, 0.05) is 19.4 Å². The number of sulfonamides is 1. The van der Waals surface area contributed by atoms with Crippen molar-refractivity contribution in [2.24, 2.45) is 0 Å². The van der Waals surface area contributed by atoms with E-state index in [1.54, 1.807) is 6.92 Å². The fraction of sp³-hybridized carbons (Fsp3) is 0.636. The topological polar surface area (TPSA) is 79.5 Å². The predicted molar refractivity (Wildman–Crippen MR) is 65.0 cm³/mol. The zero-order chi connectivity index (χ0) is 18.1. The van der Waals surface area contributed by atoms with Crippen LogP contribution < -0.4 is 4.72 Å². The molecule has 0 aliphatic carbocycles. The molecule has 1 aromatic rings. The summed E-state index contributed by atoms with van der Waals surface area (Å²) in [6.45, 7) is 0.357. The van der Waals surface area contributed by atoms with Crippen molar-refractivity contribution in [1.29, 1.82) is 0 Å². The summed E-state index contributed by atoms with van der Waals surface area (Å²) in [5.41, 5.74) is -5.01. The quantitative estimate of drug-likeness (QED) is 0.755. The predicted octanol–water partition coefficient (Wildman–Crippen LogP) is 2.37. The molecular weight excluding hydrogens is 356 g/mol. The molecule has 12 heteroatoms. The van der Waals surface area contributed by atoms with E-state index < -0.39 is 46.0 Å². The van der Waals surface area contributed by atoms with E-state index in [4.69, 9.17) is 9.52 Å². The molecule has 0 aromatic carbocycles. The Morgan fingerprint density at radius 3 is 2.04 bits per heavy atom. The van der Waals surface area contributed by atoms with Gasteiger partial charge in [-0.3, -0.25) is 0 Å². The molecule has 0 bridgehead atoms. The molecule has 0 fully saturated rings. The summed E-state index contributed by atoms with van der Waals surface area (Å²) in [5.74, 6) is 0.271. The minimum atomic E-state index is -6.00. The summed E-state index contributed by atoms with van der Waals surface area (Å²) in [6.07, 6.45) is -13.6. The Hall–Kier alpha value is -1.27. The minimum absolute atomic E-state index is 0.271. The number of aryl methyl sites for hydroxylation is 1. The fourth-order valence-electron chi connectivity index (χ4n) is 1.57. The molecule has 0 spiro atoms. The van der Waals surface area contributed by atoms with Gasteiger partial charge in [0.25, 0.3) is 15.6 Å².